The average molecular weight is 326 g/mol. The van der Waals surface area contributed by atoms with Crippen LogP contribution < -0.4 is 0 Å². The van der Waals surface area contributed by atoms with Gasteiger partial charge in [0.15, 0.2) is 5.82 Å². The van der Waals surface area contributed by atoms with Crippen LogP contribution in [0.25, 0.3) is 22.3 Å². The predicted octanol–water partition coefficient (Wildman–Crippen LogP) is 3.63. The summed E-state index contributed by atoms with van der Waals surface area (Å²) in [5, 5.41) is 1.87. The predicted molar refractivity (Wildman–Crippen MR) is 94.9 cm³/mol. The van der Waals surface area contributed by atoms with Gasteiger partial charge in [0.2, 0.25) is 0 Å². The van der Waals surface area contributed by atoms with E-state index in [-0.39, 0.29) is 0 Å². The molecule has 3 rings (SSSR count). The van der Waals surface area contributed by atoms with E-state index in [0.29, 0.717) is 5.82 Å². The van der Waals surface area contributed by atoms with Crippen molar-refractivity contribution >= 4 is 39.2 Å². The molecule has 0 aliphatic carbocycles. The normalized spacial score (nSPS) is 10.6. The first kappa shape index (κ1) is 14.9. The van der Waals surface area contributed by atoms with Gasteiger partial charge in [-0.1, -0.05) is 30.4 Å². The van der Waals surface area contributed by atoms with E-state index in [1.165, 1.54) is 11.8 Å². The minimum atomic E-state index is 0.663. The fourth-order valence-electron chi connectivity index (χ4n) is 1.92. The molecule has 3 aromatic rings. The number of fused-ring (bicyclic) bond motifs is 1. The second kappa shape index (κ2) is 6.37. The summed E-state index contributed by atoms with van der Waals surface area (Å²) in [6.45, 7) is 0. The first-order chi connectivity index (χ1) is 10.6. The lowest BCUT2D eigenvalue weighted by molar-refractivity contribution is 0.648. The second-order valence-corrected chi connectivity index (χ2v) is 6.50. The van der Waals surface area contributed by atoms with E-state index in [1.807, 2.05) is 55.4 Å². The van der Waals surface area contributed by atoms with Gasteiger partial charge in [-0.05, 0) is 30.0 Å². The first-order valence-electron chi connectivity index (χ1n) is 6.71. The van der Waals surface area contributed by atoms with Gasteiger partial charge < -0.3 is 4.90 Å². The van der Waals surface area contributed by atoms with E-state index in [2.05, 4.69) is 9.97 Å². The summed E-state index contributed by atoms with van der Waals surface area (Å²) in [5.41, 5.74) is 1.80. The molecule has 0 bridgehead atoms. The van der Waals surface area contributed by atoms with Crippen molar-refractivity contribution in [3.63, 3.8) is 0 Å². The average Bonchev–Trinajstić information content (AvgIpc) is 2.55. The Labute approximate surface area is 138 Å². The molecule has 0 amide bonds. The third kappa shape index (κ3) is 3.08. The van der Waals surface area contributed by atoms with Crippen LogP contribution in [0.5, 0.6) is 0 Å². The maximum Gasteiger partial charge on any atom is 0.162 e. The van der Waals surface area contributed by atoms with Crippen LogP contribution in [0.15, 0.2) is 53.8 Å². The van der Waals surface area contributed by atoms with Crippen molar-refractivity contribution in [2.45, 2.75) is 5.03 Å². The van der Waals surface area contributed by atoms with Gasteiger partial charge in [0.25, 0.3) is 0 Å². The van der Waals surface area contributed by atoms with Crippen LogP contribution >= 0.6 is 24.0 Å². The maximum absolute atomic E-state index is 5.40. The molecule has 0 aliphatic rings. The molecule has 0 spiro atoms. The van der Waals surface area contributed by atoms with Crippen LogP contribution in [-0.2, 0) is 0 Å². The molecule has 0 saturated heterocycles. The van der Waals surface area contributed by atoms with Crippen LogP contribution in [0.4, 0.5) is 0 Å². The molecular weight excluding hydrogens is 312 g/mol. The number of aromatic nitrogens is 3. The second-order valence-electron chi connectivity index (χ2n) is 4.87. The molecule has 0 radical (unpaired) electrons. The molecule has 22 heavy (non-hydrogen) atoms. The molecule has 0 N–H and O–H groups in total. The molecule has 0 saturated carbocycles. The topological polar surface area (TPSA) is 41.9 Å². The Bertz CT molecular complexity index is 819. The van der Waals surface area contributed by atoms with E-state index in [9.17, 15) is 0 Å². The first-order valence-corrected chi connectivity index (χ1v) is 7.94. The minimum absolute atomic E-state index is 0.663. The van der Waals surface area contributed by atoms with E-state index < -0.39 is 0 Å². The summed E-state index contributed by atoms with van der Waals surface area (Å²) in [7, 11) is 3.86. The largest absolute Gasteiger partial charge is 0.363 e. The maximum atomic E-state index is 5.40. The van der Waals surface area contributed by atoms with Crippen molar-refractivity contribution < 1.29 is 0 Å². The van der Waals surface area contributed by atoms with E-state index >= 15 is 0 Å². The summed E-state index contributed by atoms with van der Waals surface area (Å²) >= 11 is 6.87. The number of thioether (sulfide) groups is 1. The highest BCUT2D eigenvalue weighted by Gasteiger charge is 2.12. The molecule has 4 nitrogen and oxygen atoms in total. The summed E-state index contributed by atoms with van der Waals surface area (Å²) in [4.78, 5) is 15.4. The summed E-state index contributed by atoms with van der Waals surface area (Å²) in [5.74, 6) is 0.663. The van der Waals surface area contributed by atoms with Gasteiger partial charge in [-0.25, -0.2) is 9.97 Å². The van der Waals surface area contributed by atoms with E-state index in [4.69, 9.17) is 17.2 Å². The molecule has 110 valence electrons. The highest BCUT2D eigenvalue weighted by molar-refractivity contribution is 8.23. The van der Waals surface area contributed by atoms with Crippen LogP contribution in [0, 0.1) is 0 Å². The number of pyridine rings is 1. The fraction of sp³-hybridized carbons (Fsp3) is 0.125. The number of hydrogen-bond donors (Lipinski definition) is 0. The Hall–Kier alpha value is -2.05. The standard InChI is InChI=1S/C16H14N4S2/c1-20(2)16(21)22-15-12-7-3-4-8-13(12)18-14(19-15)11-6-5-9-17-10-11/h3-10H,1-2H3. The van der Waals surface area contributed by atoms with Gasteiger partial charge in [0, 0.05) is 37.4 Å². The summed E-state index contributed by atoms with van der Waals surface area (Å²) < 4.78 is 0.765. The van der Waals surface area contributed by atoms with E-state index in [0.717, 1.165) is 25.8 Å². The van der Waals surface area contributed by atoms with Crippen molar-refractivity contribution in [2.75, 3.05) is 14.1 Å². The molecule has 2 aromatic heterocycles. The zero-order valence-corrected chi connectivity index (χ0v) is 13.9. The number of thiocarbonyl (C=S) groups is 1. The Balaban J connectivity index is 2.14. The highest BCUT2D eigenvalue weighted by Crippen LogP contribution is 2.29. The molecular formula is C16H14N4S2. The van der Waals surface area contributed by atoms with Crippen molar-refractivity contribution in [3.8, 4) is 11.4 Å². The zero-order chi connectivity index (χ0) is 15.5. The lowest BCUT2D eigenvalue weighted by atomic mass is 10.2. The number of rotatable bonds is 2. The van der Waals surface area contributed by atoms with Gasteiger partial charge in [-0.2, -0.15) is 0 Å². The van der Waals surface area contributed by atoms with Crippen LogP contribution in [-0.4, -0.2) is 38.3 Å². The van der Waals surface area contributed by atoms with Gasteiger partial charge in [-0.15, -0.1) is 0 Å². The Morgan fingerprint density at radius 1 is 1.09 bits per heavy atom. The molecule has 0 fully saturated rings. The SMILES string of the molecule is CN(C)C(=S)Sc1nc(-c2cccnc2)nc2ccccc12. The van der Waals surface area contributed by atoms with Crippen LogP contribution in [0.1, 0.15) is 0 Å². The molecule has 0 unspecified atom stereocenters. The Morgan fingerprint density at radius 3 is 2.64 bits per heavy atom. The lowest BCUT2D eigenvalue weighted by Crippen LogP contribution is -2.16. The summed E-state index contributed by atoms with van der Waals surface area (Å²) in [6, 6.07) is 11.8. The van der Waals surface area contributed by atoms with Gasteiger partial charge in [0.05, 0.1) is 5.52 Å². The third-order valence-corrected chi connectivity index (χ3v) is 4.70. The third-order valence-electron chi connectivity index (χ3n) is 3.04. The monoisotopic (exact) mass is 326 g/mol. The van der Waals surface area contributed by atoms with Crippen molar-refractivity contribution in [3.05, 3.63) is 48.8 Å². The highest BCUT2D eigenvalue weighted by atomic mass is 32.2. The Kier molecular flexibility index (Phi) is 4.31. The number of benzene rings is 1. The molecule has 6 heteroatoms. The quantitative estimate of drug-likeness (QED) is 0.407. The number of para-hydroxylation sites is 1. The van der Waals surface area contributed by atoms with Gasteiger partial charge in [0.1, 0.15) is 9.35 Å². The minimum Gasteiger partial charge on any atom is -0.363 e. The lowest BCUT2D eigenvalue weighted by Gasteiger charge is -2.14. The van der Waals surface area contributed by atoms with Crippen LogP contribution in [0.2, 0.25) is 0 Å². The Morgan fingerprint density at radius 2 is 1.91 bits per heavy atom. The number of hydrogen-bond acceptors (Lipinski definition) is 5. The van der Waals surface area contributed by atoms with Crippen molar-refractivity contribution in [2.24, 2.45) is 0 Å². The van der Waals surface area contributed by atoms with Crippen molar-refractivity contribution in [1.29, 1.82) is 0 Å². The molecule has 1 aromatic carbocycles. The zero-order valence-electron chi connectivity index (χ0n) is 12.2. The molecule has 2 heterocycles. The molecule has 0 aliphatic heterocycles. The van der Waals surface area contributed by atoms with Crippen LogP contribution in [0.3, 0.4) is 0 Å². The number of nitrogens with zero attached hydrogens (tertiary/aromatic N) is 4. The van der Waals surface area contributed by atoms with E-state index in [1.54, 1.807) is 12.4 Å². The van der Waals surface area contributed by atoms with Gasteiger partial charge in [-0.3, -0.25) is 4.98 Å². The smallest absolute Gasteiger partial charge is 0.162 e. The van der Waals surface area contributed by atoms with Gasteiger partial charge >= 0.3 is 0 Å². The molecule has 0 atom stereocenters. The fourth-order valence-corrected chi connectivity index (χ4v) is 2.92. The van der Waals surface area contributed by atoms with Crippen molar-refractivity contribution in [1.82, 2.24) is 19.9 Å². The summed E-state index contributed by atoms with van der Waals surface area (Å²) in [6.07, 6.45) is 3.50.